The Balaban J connectivity index is 1.87. The lowest BCUT2D eigenvalue weighted by Gasteiger charge is -2.13. The molecule has 0 radical (unpaired) electrons. The lowest BCUT2D eigenvalue weighted by Crippen LogP contribution is -2.36. The maximum atomic E-state index is 13.9. The van der Waals surface area contributed by atoms with Crippen molar-refractivity contribution in [2.45, 2.75) is 47.7 Å². The smallest absolute Gasteiger partial charge is 0.258 e. The molecule has 0 aliphatic rings. The topological polar surface area (TPSA) is 71.3 Å². The second-order valence-electron chi connectivity index (χ2n) is 7.54. The molecule has 0 bridgehead atoms. The number of halogens is 1. The Bertz CT molecular complexity index is 1120. The molecule has 0 aliphatic carbocycles. The van der Waals surface area contributed by atoms with E-state index in [-0.39, 0.29) is 11.5 Å². The van der Waals surface area contributed by atoms with Gasteiger partial charge in [0.15, 0.2) is 0 Å². The van der Waals surface area contributed by atoms with E-state index in [0.29, 0.717) is 12.1 Å². The molecule has 2 N–H and O–H groups in total. The zero-order chi connectivity index (χ0) is 22.5. The van der Waals surface area contributed by atoms with Gasteiger partial charge in [0.1, 0.15) is 5.82 Å². The first-order chi connectivity index (χ1) is 14.8. The number of guanidine groups is 1. The van der Waals surface area contributed by atoms with Crippen LogP contribution in [0.1, 0.15) is 45.4 Å². The van der Waals surface area contributed by atoms with Crippen molar-refractivity contribution in [1.82, 2.24) is 15.1 Å². The first-order valence-electron chi connectivity index (χ1n) is 10.3. The highest BCUT2D eigenvalue weighted by molar-refractivity contribution is 6.10. The molecule has 3 aromatic rings. The van der Waals surface area contributed by atoms with E-state index in [9.17, 15) is 9.18 Å². The Kier molecular flexibility index (Phi) is 6.84. The quantitative estimate of drug-likeness (QED) is 0.464. The molecule has 0 saturated heterocycles. The van der Waals surface area contributed by atoms with Crippen LogP contribution in [0, 0.1) is 33.5 Å². The Morgan fingerprint density at radius 3 is 2.42 bits per heavy atom. The number of hydrogen-bond acceptors (Lipinski definition) is 3. The summed E-state index contributed by atoms with van der Waals surface area (Å²) < 4.78 is 15.9. The minimum Gasteiger partial charge on any atom is -0.326 e. The van der Waals surface area contributed by atoms with Gasteiger partial charge in [-0.2, -0.15) is 5.10 Å². The summed E-state index contributed by atoms with van der Waals surface area (Å²) in [5.74, 6) is -0.566. The number of nitrogens with zero attached hydrogens (tertiary/aromatic N) is 3. The molecule has 7 heteroatoms. The summed E-state index contributed by atoms with van der Waals surface area (Å²) in [5.41, 5.74) is 5.60. The Labute approximate surface area is 182 Å². The Morgan fingerprint density at radius 1 is 1.10 bits per heavy atom. The standard InChI is InChI=1S/C24H28FN5O/c1-6-30-18(5)21(17(4)29-30)14-26-24(27-20-11-7-15(2)8-12-20)28-23(31)19-10-9-16(3)22(25)13-19/h7-13H,6,14H2,1-5H3,(H2,26,27,28,31). The van der Waals surface area contributed by atoms with Crippen LogP contribution >= 0.6 is 0 Å². The van der Waals surface area contributed by atoms with Gasteiger partial charge in [-0.05, 0) is 64.4 Å². The van der Waals surface area contributed by atoms with E-state index in [1.54, 1.807) is 19.1 Å². The molecule has 2 aromatic carbocycles. The molecule has 0 saturated carbocycles. The number of nitrogens with one attached hydrogen (secondary N) is 2. The molecular weight excluding hydrogens is 393 g/mol. The van der Waals surface area contributed by atoms with E-state index < -0.39 is 11.7 Å². The van der Waals surface area contributed by atoms with Crippen molar-refractivity contribution in [3.8, 4) is 0 Å². The predicted molar refractivity (Wildman–Crippen MR) is 122 cm³/mol. The summed E-state index contributed by atoms with van der Waals surface area (Å²) in [7, 11) is 0. The fourth-order valence-electron chi connectivity index (χ4n) is 3.23. The Hall–Kier alpha value is -3.48. The van der Waals surface area contributed by atoms with E-state index >= 15 is 0 Å². The van der Waals surface area contributed by atoms with Gasteiger partial charge in [-0.3, -0.25) is 14.8 Å². The average Bonchev–Trinajstić information content (AvgIpc) is 3.02. The van der Waals surface area contributed by atoms with E-state index in [1.165, 1.54) is 6.07 Å². The van der Waals surface area contributed by atoms with Gasteiger partial charge in [-0.25, -0.2) is 9.38 Å². The van der Waals surface area contributed by atoms with Crippen molar-refractivity contribution in [3.05, 3.63) is 81.9 Å². The van der Waals surface area contributed by atoms with E-state index in [4.69, 9.17) is 0 Å². The maximum absolute atomic E-state index is 13.9. The van der Waals surface area contributed by atoms with E-state index in [2.05, 4.69) is 20.7 Å². The van der Waals surface area contributed by atoms with Crippen LogP contribution in [0.25, 0.3) is 0 Å². The van der Waals surface area contributed by atoms with Crippen LogP contribution in [0.3, 0.4) is 0 Å². The second kappa shape index (κ2) is 9.55. The van der Waals surface area contributed by atoms with Gasteiger partial charge in [-0.15, -0.1) is 0 Å². The van der Waals surface area contributed by atoms with E-state index in [1.807, 2.05) is 56.6 Å². The molecule has 1 heterocycles. The van der Waals surface area contributed by atoms with Gasteiger partial charge >= 0.3 is 0 Å². The monoisotopic (exact) mass is 421 g/mol. The van der Waals surface area contributed by atoms with Crippen molar-refractivity contribution in [1.29, 1.82) is 0 Å². The van der Waals surface area contributed by atoms with Crippen LogP contribution in [0.2, 0.25) is 0 Å². The fraction of sp³-hybridized carbons (Fsp3) is 0.292. The number of carbonyl (C=O) groups excluding carboxylic acids is 1. The number of hydrogen-bond donors (Lipinski definition) is 2. The van der Waals surface area contributed by atoms with E-state index in [0.717, 1.165) is 34.7 Å². The third kappa shape index (κ3) is 5.36. The van der Waals surface area contributed by atoms with Crippen molar-refractivity contribution >= 4 is 17.6 Å². The summed E-state index contributed by atoms with van der Waals surface area (Å²) in [6.07, 6.45) is 0. The number of carbonyl (C=O) groups is 1. The normalized spacial score (nSPS) is 11.5. The average molecular weight is 422 g/mol. The molecule has 0 aliphatic heterocycles. The molecule has 0 unspecified atom stereocenters. The van der Waals surface area contributed by atoms with Crippen LogP contribution in [0.4, 0.5) is 10.1 Å². The van der Waals surface area contributed by atoms with Crippen molar-refractivity contribution < 1.29 is 9.18 Å². The molecule has 1 amide bonds. The van der Waals surface area contributed by atoms with Gasteiger partial charge in [-0.1, -0.05) is 23.8 Å². The highest BCUT2D eigenvalue weighted by Crippen LogP contribution is 2.15. The molecule has 162 valence electrons. The zero-order valence-electron chi connectivity index (χ0n) is 18.6. The predicted octanol–water partition coefficient (Wildman–Crippen LogP) is 4.67. The summed E-state index contributed by atoms with van der Waals surface area (Å²) in [4.78, 5) is 17.4. The third-order valence-electron chi connectivity index (χ3n) is 5.21. The number of benzene rings is 2. The first-order valence-corrected chi connectivity index (χ1v) is 10.3. The zero-order valence-corrected chi connectivity index (χ0v) is 18.6. The lowest BCUT2D eigenvalue weighted by molar-refractivity contribution is 0.0976. The lowest BCUT2D eigenvalue weighted by atomic mass is 10.1. The van der Waals surface area contributed by atoms with Gasteiger partial charge in [0.05, 0.1) is 12.2 Å². The fourth-order valence-corrected chi connectivity index (χ4v) is 3.23. The molecule has 0 spiro atoms. The number of rotatable bonds is 5. The largest absolute Gasteiger partial charge is 0.326 e. The summed E-state index contributed by atoms with van der Waals surface area (Å²) in [6.45, 7) is 10.8. The SMILES string of the molecule is CCn1nc(C)c(CN=C(NC(=O)c2ccc(C)c(F)c2)Nc2ccc(C)cc2)c1C. The molecule has 0 fully saturated rings. The number of anilines is 1. The highest BCUT2D eigenvalue weighted by atomic mass is 19.1. The minimum absolute atomic E-state index is 0.229. The Morgan fingerprint density at radius 2 is 1.81 bits per heavy atom. The van der Waals surface area contributed by atoms with Crippen molar-refractivity contribution in [2.75, 3.05) is 5.32 Å². The number of amides is 1. The minimum atomic E-state index is -0.435. The molecule has 0 atom stereocenters. The first kappa shape index (κ1) is 22.2. The van der Waals surface area contributed by atoms with Crippen molar-refractivity contribution in [2.24, 2.45) is 4.99 Å². The van der Waals surface area contributed by atoms with Crippen LogP contribution < -0.4 is 10.6 Å². The van der Waals surface area contributed by atoms with Gasteiger partial charge in [0.2, 0.25) is 5.96 Å². The third-order valence-corrected chi connectivity index (χ3v) is 5.21. The molecular formula is C24H28FN5O. The van der Waals surface area contributed by atoms with Gasteiger partial charge in [0.25, 0.3) is 5.91 Å². The number of aryl methyl sites for hydroxylation is 4. The second-order valence-corrected chi connectivity index (χ2v) is 7.54. The van der Waals surface area contributed by atoms with Crippen LogP contribution in [-0.2, 0) is 13.1 Å². The number of aliphatic imine (C=N–C) groups is 1. The summed E-state index contributed by atoms with van der Waals surface area (Å²) in [6, 6.07) is 12.2. The van der Waals surface area contributed by atoms with Gasteiger partial charge in [0, 0.05) is 29.1 Å². The molecule has 31 heavy (non-hydrogen) atoms. The molecule has 6 nitrogen and oxygen atoms in total. The van der Waals surface area contributed by atoms with Crippen LogP contribution in [0.5, 0.6) is 0 Å². The van der Waals surface area contributed by atoms with Crippen LogP contribution in [0.15, 0.2) is 47.5 Å². The van der Waals surface area contributed by atoms with Crippen LogP contribution in [-0.4, -0.2) is 21.6 Å². The summed E-state index contributed by atoms with van der Waals surface area (Å²) in [5, 5.41) is 10.5. The van der Waals surface area contributed by atoms with Crippen molar-refractivity contribution in [3.63, 3.8) is 0 Å². The molecule has 3 rings (SSSR count). The number of aromatic nitrogens is 2. The highest BCUT2D eigenvalue weighted by Gasteiger charge is 2.14. The van der Waals surface area contributed by atoms with Gasteiger partial charge < -0.3 is 5.32 Å². The molecule has 1 aromatic heterocycles. The maximum Gasteiger partial charge on any atom is 0.258 e. The summed E-state index contributed by atoms with van der Waals surface area (Å²) >= 11 is 0.